The molecule has 0 saturated heterocycles. The number of nitrogens with zero attached hydrogens (tertiary/aromatic N) is 3. The first kappa shape index (κ1) is 13.4. The van der Waals surface area contributed by atoms with Crippen LogP contribution < -0.4 is 10.1 Å². The average Bonchev–Trinajstić information content (AvgIpc) is 2.90. The highest BCUT2D eigenvalue weighted by molar-refractivity contribution is 5.82. The number of hydrogen-bond acceptors (Lipinski definition) is 6. The molecule has 1 N–H and O–H groups in total. The van der Waals surface area contributed by atoms with Gasteiger partial charge in [0, 0.05) is 11.9 Å². The van der Waals surface area contributed by atoms with E-state index >= 15 is 0 Å². The summed E-state index contributed by atoms with van der Waals surface area (Å²) in [5.74, 6) is 1.51. The highest BCUT2D eigenvalue weighted by Crippen LogP contribution is 2.27. The summed E-state index contributed by atoms with van der Waals surface area (Å²) in [6, 6.07) is 8.19. The summed E-state index contributed by atoms with van der Waals surface area (Å²) in [7, 11) is 1.52. The van der Waals surface area contributed by atoms with Gasteiger partial charge in [0.1, 0.15) is 5.58 Å². The fraction of sp³-hybridized carbons (Fsp3) is 0.267. The number of anilines is 1. The third-order valence-corrected chi connectivity index (χ3v) is 3.02. The van der Waals surface area contributed by atoms with Crippen LogP contribution in [0.2, 0.25) is 0 Å². The SMILES string of the molecule is CCNc1nc(OC)nc(-c2cc3cc(C)ccc3o2)n1. The molecule has 0 saturated carbocycles. The highest BCUT2D eigenvalue weighted by Gasteiger charge is 2.13. The number of rotatable bonds is 4. The van der Waals surface area contributed by atoms with Crippen molar-refractivity contribution in [1.29, 1.82) is 0 Å². The number of fused-ring (bicyclic) bond motifs is 1. The van der Waals surface area contributed by atoms with Crippen LogP contribution in [0.15, 0.2) is 28.7 Å². The minimum absolute atomic E-state index is 0.257. The van der Waals surface area contributed by atoms with Crippen LogP contribution >= 0.6 is 0 Å². The maximum atomic E-state index is 5.81. The van der Waals surface area contributed by atoms with Gasteiger partial charge in [0.25, 0.3) is 0 Å². The van der Waals surface area contributed by atoms with E-state index in [1.807, 2.05) is 32.0 Å². The largest absolute Gasteiger partial charge is 0.467 e. The Labute approximate surface area is 122 Å². The van der Waals surface area contributed by atoms with E-state index in [1.165, 1.54) is 12.7 Å². The summed E-state index contributed by atoms with van der Waals surface area (Å²) < 4.78 is 10.9. The molecule has 2 heterocycles. The lowest BCUT2D eigenvalue weighted by atomic mass is 10.2. The lowest BCUT2D eigenvalue weighted by Crippen LogP contribution is -2.06. The fourth-order valence-electron chi connectivity index (χ4n) is 2.07. The number of benzene rings is 1. The van der Waals surface area contributed by atoms with Gasteiger partial charge in [-0.25, -0.2) is 0 Å². The maximum absolute atomic E-state index is 5.81. The molecule has 0 unspecified atom stereocenters. The normalized spacial score (nSPS) is 10.8. The number of nitrogens with one attached hydrogen (secondary N) is 1. The molecule has 0 radical (unpaired) electrons. The summed E-state index contributed by atoms with van der Waals surface area (Å²) in [4.78, 5) is 12.7. The van der Waals surface area contributed by atoms with E-state index in [2.05, 4.69) is 26.3 Å². The van der Waals surface area contributed by atoms with Crippen molar-refractivity contribution in [2.45, 2.75) is 13.8 Å². The summed E-state index contributed by atoms with van der Waals surface area (Å²) in [6.45, 7) is 4.73. The lowest BCUT2D eigenvalue weighted by molar-refractivity contribution is 0.379. The van der Waals surface area contributed by atoms with E-state index in [0.717, 1.165) is 11.0 Å². The van der Waals surface area contributed by atoms with Gasteiger partial charge in [-0.05, 0) is 32.0 Å². The smallest absolute Gasteiger partial charge is 0.321 e. The molecule has 0 aliphatic rings. The Morgan fingerprint density at radius 2 is 2.05 bits per heavy atom. The van der Waals surface area contributed by atoms with E-state index in [0.29, 0.717) is 24.1 Å². The number of hydrogen-bond donors (Lipinski definition) is 1. The molecule has 21 heavy (non-hydrogen) atoms. The number of aryl methyl sites for hydroxylation is 1. The monoisotopic (exact) mass is 284 g/mol. The van der Waals surface area contributed by atoms with E-state index in [-0.39, 0.29) is 6.01 Å². The molecule has 6 heteroatoms. The van der Waals surface area contributed by atoms with E-state index < -0.39 is 0 Å². The number of ether oxygens (including phenoxy) is 1. The zero-order chi connectivity index (χ0) is 14.8. The highest BCUT2D eigenvalue weighted by atomic mass is 16.5. The van der Waals surface area contributed by atoms with Gasteiger partial charge in [-0.2, -0.15) is 15.0 Å². The van der Waals surface area contributed by atoms with E-state index in [9.17, 15) is 0 Å². The number of furan rings is 1. The molecule has 0 aliphatic carbocycles. The molecular weight excluding hydrogens is 268 g/mol. The second-order valence-electron chi connectivity index (χ2n) is 4.65. The van der Waals surface area contributed by atoms with Crippen LogP contribution in [0.4, 0.5) is 5.95 Å². The molecule has 108 valence electrons. The molecule has 0 fully saturated rings. The van der Waals surface area contributed by atoms with E-state index in [4.69, 9.17) is 9.15 Å². The fourth-order valence-corrected chi connectivity index (χ4v) is 2.07. The third kappa shape index (κ3) is 2.65. The summed E-state index contributed by atoms with van der Waals surface area (Å²) >= 11 is 0. The summed E-state index contributed by atoms with van der Waals surface area (Å²) in [6.07, 6.45) is 0. The van der Waals surface area contributed by atoms with Gasteiger partial charge < -0.3 is 14.5 Å². The van der Waals surface area contributed by atoms with Crippen LogP contribution in [0.1, 0.15) is 12.5 Å². The molecule has 6 nitrogen and oxygen atoms in total. The van der Waals surface area contributed by atoms with Gasteiger partial charge in [-0.15, -0.1) is 0 Å². The minimum atomic E-state index is 0.257. The van der Waals surface area contributed by atoms with Crippen LogP contribution in [0, 0.1) is 6.92 Å². The Balaban J connectivity index is 2.10. The van der Waals surface area contributed by atoms with Gasteiger partial charge in [0.15, 0.2) is 5.76 Å². The summed E-state index contributed by atoms with van der Waals surface area (Å²) in [5.41, 5.74) is 1.98. The predicted molar refractivity (Wildman–Crippen MR) is 80.5 cm³/mol. The van der Waals surface area contributed by atoms with Crippen LogP contribution in [0.5, 0.6) is 6.01 Å². The Kier molecular flexibility index (Phi) is 3.43. The molecule has 0 spiro atoms. The Morgan fingerprint density at radius 3 is 2.81 bits per heavy atom. The maximum Gasteiger partial charge on any atom is 0.321 e. The van der Waals surface area contributed by atoms with Gasteiger partial charge in [0.05, 0.1) is 7.11 Å². The Hall–Kier alpha value is -2.63. The molecule has 0 amide bonds. The minimum Gasteiger partial charge on any atom is -0.467 e. The molecule has 0 aliphatic heterocycles. The molecule has 2 aromatic heterocycles. The van der Waals surface area contributed by atoms with Gasteiger partial charge >= 0.3 is 6.01 Å². The zero-order valence-corrected chi connectivity index (χ0v) is 12.2. The first-order chi connectivity index (χ1) is 10.2. The van der Waals surface area contributed by atoms with Crippen molar-refractivity contribution in [3.05, 3.63) is 29.8 Å². The molecule has 3 aromatic rings. The van der Waals surface area contributed by atoms with Crippen molar-refractivity contribution in [3.63, 3.8) is 0 Å². The molecule has 3 rings (SSSR count). The van der Waals surface area contributed by atoms with Crippen LogP contribution in [-0.2, 0) is 0 Å². The van der Waals surface area contributed by atoms with E-state index in [1.54, 1.807) is 0 Å². The lowest BCUT2D eigenvalue weighted by Gasteiger charge is -2.04. The predicted octanol–water partition coefficient (Wildman–Crippen LogP) is 3.03. The third-order valence-electron chi connectivity index (χ3n) is 3.02. The van der Waals surface area contributed by atoms with Crippen molar-refractivity contribution in [2.24, 2.45) is 0 Å². The van der Waals surface area contributed by atoms with Crippen LogP contribution in [-0.4, -0.2) is 28.6 Å². The number of methoxy groups -OCH3 is 1. The van der Waals surface area contributed by atoms with Crippen LogP contribution in [0.25, 0.3) is 22.6 Å². The average molecular weight is 284 g/mol. The zero-order valence-electron chi connectivity index (χ0n) is 12.2. The molecule has 1 aromatic carbocycles. The van der Waals surface area contributed by atoms with Gasteiger partial charge in [-0.3, -0.25) is 0 Å². The van der Waals surface area contributed by atoms with Gasteiger partial charge in [-0.1, -0.05) is 11.6 Å². The second kappa shape index (κ2) is 5.40. The summed E-state index contributed by atoms with van der Waals surface area (Å²) in [5, 5.41) is 4.07. The second-order valence-corrected chi connectivity index (χ2v) is 4.65. The van der Waals surface area contributed by atoms with Gasteiger partial charge in [0.2, 0.25) is 11.8 Å². The van der Waals surface area contributed by atoms with Crippen molar-refractivity contribution in [2.75, 3.05) is 19.0 Å². The van der Waals surface area contributed by atoms with Crippen molar-refractivity contribution < 1.29 is 9.15 Å². The topological polar surface area (TPSA) is 73.1 Å². The molecule has 0 bridgehead atoms. The first-order valence-electron chi connectivity index (χ1n) is 6.74. The Bertz CT molecular complexity index is 782. The standard InChI is InChI=1S/C15H16N4O2/c1-4-16-14-17-13(18-15(19-14)20-3)12-8-10-7-9(2)5-6-11(10)21-12/h5-8H,4H2,1-3H3,(H,16,17,18,19). The number of aromatic nitrogens is 3. The van der Waals surface area contributed by atoms with Crippen molar-refractivity contribution in [1.82, 2.24) is 15.0 Å². The Morgan fingerprint density at radius 1 is 1.19 bits per heavy atom. The molecular formula is C15H16N4O2. The first-order valence-corrected chi connectivity index (χ1v) is 6.74. The van der Waals surface area contributed by atoms with Crippen molar-refractivity contribution in [3.8, 4) is 17.6 Å². The molecule has 0 atom stereocenters. The quantitative estimate of drug-likeness (QED) is 0.794. The van der Waals surface area contributed by atoms with Crippen molar-refractivity contribution >= 4 is 16.9 Å². The van der Waals surface area contributed by atoms with Crippen LogP contribution in [0.3, 0.4) is 0 Å².